The lowest BCUT2D eigenvalue weighted by atomic mass is 10.3. The molecule has 26 heavy (non-hydrogen) atoms. The molecule has 0 spiro atoms. The van der Waals surface area contributed by atoms with Crippen molar-refractivity contribution in [3.63, 3.8) is 0 Å². The molecule has 9 heteroatoms. The number of thiophene rings is 1. The number of thiazole rings is 1. The second-order valence-electron chi connectivity index (χ2n) is 5.69. The van der Waals surface area contributed by atoms with Gasteiger partial charge in [-0.2, -0.15) is 0 Å². The second kappa shape index (κ2) is 9.01. The molecule has 0 radical (unpaired) electrons. The molecule has 3 rings (SSSR count). The second-order valence-corrected chi connectivity index (χ2v) is 8.42. The largest absolute Gasteiger partial charge is 0.497 e. The van der Waals surface area contributed by atoms with E-state index in [2.05, 4.69) is 4.98 Å². The van der Waals surface area contributed by atoms with E-state index in [0.717, 1.165) is 22.5 Å². The van der Waals surface area contributed by atoms with Crippen LogP contribution in [0.3, 0.4) is 0 Å². The van der Waals surface area contributed by atoms with E-state index in [4.69, 9.17) is 16.3 Å². The van der Waals surface area contributed by atoms with Crippen LogP contribution < -0.4 is 9.64 Å². The summed E-state index contributed by atoms with van der Waals surface area (Å²) < 4.78 is 6.87. The summed E-state index contributed by atoms with van der Waals surface area (Å²) in [7, 11) is 5.59. The molecule has 2 heterocycles. The molecule has 0 aliphatic rings. The molecule has 0 saturated heterocycles. The van der Waals surface area contributed by atoms with Gasteiger partial charge < -0.3 is 9.64 Å². The number of methoxy groups -OCH3 is 1. The Hall–Kier alpha value is -1.38. The van der Waals surface area contributed by atoms with Gasteiger partial charge in [0.05, 0.1) is 26.5 Å². The zero-order valence-electron chi connectivity index (χ0n) is 14.6. The third-order valence-corrected chi connectivity index (χ3v) is 5.89. The zero-order chi connectivity index (χ0) is 18.0. The fraction of sp³-hybridized carbons (Fsp3) is 0.294. The van der Waals surface area contributed by atoms with Crippen molar-refractivity contribution >= 4 is 67.9 Å². The number of halogens is 2. The normalized spacial score (nSPS) is 10.8. The van der Waals surface area contributed by atoms with Crippen molar-refractivity contribution < 1.29 is 9.53 Å². The maximum Gasteiger partial charge on any atom is 0.270 e. The lowest BCUT2D eigenvalue weighted by Gasteiger charge is -2.21. The lowest BCUT2D eigenvalue weighted by molar-refractivity contribution is 0.0989. The number of fused-ring (bicyclic) bond motifs is 1. The highest BCUT2D eigenvalue weighted by molar-refractivity contribution is 7.22. The first kappa shape index (κ1) is 20.9. The van der Waals surface area contributed by atoms with Gasteiger partial charge in [-0.15, -0.1) is 23.7 Å². The topological polar surface area (TPSA) is 45.7 Å². The Morgan fingerprint density at radius 3 is 2.58 bits per heavy atom. The Morgan fingerprint density at radius 1 is 1.19 bits per heavy atom. The molecule has 5 nitrogen and oxygen atoms in total. The molecular weight excluding hydrogens is 413 g/mol. The molecule has 140 valence electrons. The van der Waals surface area contributed by atoms with Gasteiger partial charge in [0.2, 0.25) is 0 Å². The fourth-order valence-electron chi connectivity index (χ4n) is 2.28. The number of hydrogen-bond acceptors (Lipinski definition) is 6. The van der Waals surface area contributed by atoms with Crippen LogP contribution in [0, 0.1) is 0 Å². The van der Waals surface area contributed by atoms with Gasteiger partial charge in [-0.25, -0.2) is 4.98 Å². The number of carbonyl (C=O) groups is 1. The summed E-state index contributed by atoms with van der Waals surface area (Å²) in [5.41, 5.74) is 0.825. The molecule has 0 unspecified atom stereocenters. The molecule has 0 saturated carbocycles. The Kier molecular flexibility index (Phi) is 7.25. The maximum atomic E-state index is 13.0. The highest BCUT2D eigenvalue weighted by atomic mass is 35.5. The molecule has 0 bridgehead atoms. The van der Waals surface area contributed by atoms with Crippen LogP contribution in [-0.4, -0.2) is 50.1 Å². The molecule has 0 atom stereocenters. The molecule has 0 N–H and O–H groups in total. The monoisotopic (exact) mass is 431 g/mol. The number of benzene rings is 1. The van der Waals surface area contributed by atoms with Crippen LogP contribution in [-0.2, 0) is 0 Å². The van der Waals surface area contributed by atoms with Crippen molar-refractivity contribution in [3.8, 4) is 5.75 Å². The van der Waals surface area contributed by atoms with Crippen molar-refractivity contribution in [1.29, 1.82) is 0 Å². The van der Waals surface area contributed by atoms with Gasteiger partial charge in [-0.3, -0.25) is 9.69 Å². The molecule has 0 fully saturated rings. The van der Waals surface area contributed by atoms with Crippen LogP contribution in [0.15, 0.2) is 30.3 Å². The van der Waals surface area contributed by atoms with E-state index in [1.165, 1.54) is 22.7 Å². The van der Waals surface area contributed by atoms with E-state index in [-0.39, 0.29) is 18.3 Å². The van der Waals surface area contributed by atoms with Crippen LogP contribution in [0.4, 0.5) is 5.13 Å². The van der Waals surface area contributed by atoms with Gasteiger partial charge in [-0.05, 0) is 38.4 Å². The Morgan fingerprint density at radius 2 is 1.96 bits per heavy atom. The van der Waals surface area contributed by atoms with Gasteiger partial charge >= 0.3 is 0 Å². The summed E-state index contributed by atoms with van der Waals surface area (Å²) in [5, 5.41) is 0.680. The number of nitrogens with zero attached hydrogens (tertiary/aromatic N) is 3. The summed E-state index contributed by atoms with van der Waals surface area (Å²) in [6.07, 6.45) is 0. The number of carbonyl (C=O) groups excluding carboxylic acids is 1. The Labute approximate surface area is 171 Å². The first-order valence-electron chi connectivity index (χ1n) is 7.64. The van der Waals surface area contributed by atoms with E-state index in [0.29, 0.717) is 20.9 Å². The first-order chi connectivity index (χ1) is 12.0. The van der Waals surface area contributed by atoms with Crippen LogP contribution in [0.25, 0.3) is 10.2 Å². The number of anilines is 1. The van der Waals surface area contributed by atoms with Gasteiger partial charge in [0, 0.05) is 19.2 Å². The van der Waals surface area contributed by atoms with Crippen molar-refractivity contribution in [1.82, 2.24) is 9.88 Å². The van der Waals surface area contributed by atoms with E-state index in [1.54, 1.807) is 24.1 Å². The number of aromatic nitrogens is 1. The van der Waals surface area contributed by atoms with E-state index >= 15 is 0 Å². The Balaban J connectivity index is 0.00000243. The summed E-state index contributed by atoms with van der Waals surface area (Å²) in [6.45, 7) is 1.29. The SMILES string of the molecule is COc1ccc2sc(N(CCN(C)C)C(=O)c3ccc(Cl)s3)nc2c1.Cl. The lowest BCUT2D eigenvalue weighted by Crippen LogP contribution is -2.36. The molecule has 2 aromatic heterocycles. The smallest absolute Gasteiger partial charge is 0.270 e. The van der Waals surface area contributed by atoms with Gasteiger partial charge in [0.15, 0.2) is 5.13 Å². The highest BCUT2D eigenvalue weighted by Crippen LogP contribution is 2.33. The molecule has 0 aliphatic heterocycles. The number of hydrogen-bond donors (Lipinski definition) is 0. The van der Waals surface area contributed by atoms with Crippen molar-refractivity contribution in [3.05, 3.63) is 39.5 Å². The summed E-state index contributed by atoms with van der Waals surface area (Å²) in [6, 6.07) is 9.24. The molecule has 0 aliphatic carbocycles. The van der Waals surface area contributed by atoms with Gasteiger partial charge in [-0.1, -0.05) is 22.9 Å². The number of amides is 1. The highest BCUT2D eigenvalue weighted by Gasteiger charge is 2.22. The zero-order valence-corrected chi connectivity index (χ0v) is 17.8. The molecule has 3 aromatic rings. The summed E-state index contributed by atoms with van der Waals surface area (Å²) in [5.74, 6) is 0.672. The summed E-state index contributed by atoms with van der Waals surface area (Å²) >= 11 is 8.77. The average Bonchev–Trinajstić information content (AvgIpc) is 3.19. The minimum atomic E-state index is -0.0789. The predicted molar refractivity (Wildman–Crippen MR) is 113 cm³/mol. The van der Waals surface area contributed by atoms with Crippen molar-refractivity contribution in [2.24, 2.45) is 0 Å². The minimum Gasteiger partial charge on any atom is -0.497 e. The van der Waals surface area contributed by atoms with Crippen LogP contribution in [0.2, 0.25) is 4.34 Å². The number of rotatable bonds is 6. The van der Waals surface area contributed by atoms with Crippen molar-refractivity contribution in [2.45, 2.75) is 0 Å². The number of ether oxygens (including phenoxy) is 1. The number of likely N-dealkylation sites (N-methyl/N-ethyl adjacent to an activating group) is 1. The van der Waals surface area contributed by atoms with Crippen molar-refractivity contribution in [2.75, 3.05) is 39.2 Å². The van der Waals surface area contributed by atoms with E-state index < -0.39 is 0 Å². The predicted octanol–water partition coefficient (Wildman–Crippen LogP) is 4.65. The average molecular weight is 432 g/mol. The standard InChI is InChI=1S/C17H18ClN3O2S2.ClH/c1-20(2)8-9-21(16(22)14-6-7-15(18)24-14)17-19-12-10-11(23-3)4-5-13(12)25-17;/h4-7,10H,8-9H2,1-3H3;1H. The van der Waals surface area contributed by atoms with Crippen LogP contribution >= 0.6 is 46.7 Å². The minimum absolute atomic E-state index is 0. The Bertz CT molecular complexity index is 895. The third-order valence-electron chi connectivity index (χ3n) is 3.61. The van der Waals surface area contributed by atoms with Gasteiger partial charge in [0.25, 0.3) is 5.91 Å². The van der Waals surface area contributed by atoms with E-state index in [1.807, 2.05) is 37.2 Å². The third kappa shape index (κ3) is 4.66. The van der Waals surface area contributed by atoms with Crippen LogP contribution in [0.5, 0.6) is 5.75 Å². The fourth-order valence-corrected chi connectivity index (χ4v) is 4.25. The van der Waals surface area contributed by atoms with Gasteiger partial charge in [0.1, 0.15) is 5.75 Å². The quantitative estimate of drug-likeness (QED) is 0.569. The molecule has 1 amide bonds. The molecule has 1 aromatic carbocycles. The van der Waals surface area contributed by atoms with E-state index in [9.17, 15) is 4.79 Å². The molecular formula is C17H19Cl2N3O2S2. The maximum absolute atomic E-state index is 13.0. The summed E-state index contributed by atoms with van der Waals surface area (Å²) in [4.78, 5) is 22.0. The first-order valence-corrected chi connectivity index (χ1v) is 9.65. The van der Waals surface area contributed by atoms with Crippen LogP contribution in [0.1, 0.15) is 9.67 Å².